The molecule has 20 heavy (non-hydrogen) atoms. The van der Waals surface area contributed by atoms with Gasteiger partial charge in [0.15, 0.2) is 0 Å². The highest BCUT2D eigenvalue weighted by Gasteiger charge is 2.51. The van der Waals surface area contributed by atoms with Gasteiger partial charge in [0.05, 0.1) is 19.3 Å². The molecular weight excluding hydrogens is 252 g/mol. The lowest BCUT2D eigenvalue weighted by Gasteiger charge is -2.56. The van der Waals surface area contributed by atoms with E-state index in [-0.39, 0.29) is 11.6 Å². The fourth-order valence-corrected chi connectivity index (χ4v) is 5.03. The van der Waals surface area contributed by atoms with Gasteiger partial charge in [0.25, 0.3) is 0 Å². The first-order valence-corrected chi connectivity index (χ1v) is 8.05. The van der Waals surface area contributed by atoms with E-state index in [9.17, 15) is 4.79 Å². The molecule has 0 radical (unpaired) electrons. The summed E-state index contributed by atoms with van der Waals surface area (Å²) < 4.78 is 11.1. The van der Waals surface area contributed by atoms with Crippen LogP contribution in [0.25, 0.3) is 0 Å². The minimum absolute atomic E-state index is 0.125. The van der Waals surface area contributed by atoms with Crippen LogP contribution in [0.3, 0.4) is 0 Å². The lowest BCUT2D eigenvalue weighted by Crippen LogP contribution is -2.52. The van der Waals surface area contributed by atoms with Gasteiger partial charge in [-0.1, -0.05) is 6.92 Å². The fourth-order valence-electron chi connectivity index (χ4n) is 5.03. The van der Waals surface area contributed by atoms with Crippen molar-refractivity contribution in [3.8, 4) is 0 Å². The van der Waals surface area contributed by atoms with Gasteiger partial charge in [-0.25, -0.2) is 4.79 Å². The van der Waals surface area contributed by atoms with Crippen molar-refractivity contribution in [2.75, 3.05) is 13.7 Å². The summed E-state index contributed by atoms with van der Waals surface area (Å²) in [5, 5.41) is 0. The molecule has 112 valence electrons. The Labute approximate surface area is 121 Å². The maximum atomic E-state index is 11.6. The molecule has 0 unspecified atom stereocenters. The van der Waals surface area contributed by atoms with E-state index in [0.717, 1.165) is 23.3 Å². The van der Waals surface area contributed by atoms with Crippen molar-refractivity contribution in [1.29, 1.82) is 0 Å². The van der Waals surface area contributed by atoms with Gasteiger partial charge in [-0.2, -0.15) is 0 Å². The average Bonchev–Trinajstić information content (AvgIpc) is 2.41. The number of carbonyl (C=O) groups excluding carboxylic acids is 1. The lowest BCUT2D eigenvalue weighted by molar-refractivity contribution is -0.155. The van der Waals surface area contributed by atoms with Gasteiger partial charge in [0.2, 0.25) is 0 Å². The molecule has 0 saturated heterocycles. The zero-order valence-electron chi connectivity index (χ0n) is 12.7. The number of ether oxygens (including phenoxy) is 2. The zero-order chi connectivity index (χ0) is 14.2. The minimum atomic E-state index is -0.221. The number of carbonyl (C=O) groups is 1. The van der Waals surface area contributed by atoms with Crippen molar-refractivity contribution in [2.24, 2.45) is 17.8 Å². The van der Waals surface area contributed by atoms with Crippen molar-refractivity contribution in [2.45, 2.75) is 57.5 Å². The Hall–Kier alpha value is -0.830. The first kappa shape index (κ1) is 14.1. The lowest BCUT2D eigenvalue weighted by atomic mass is 9.54. The molecule has 4 rings (SSSR count). The predicted molar refractivity (Wildman–Crippen MR) is 77.2 cm³/mol. The molecule has 0 atom stereocenters. The molecule has 0 heterocycles. The highest BCUT2D eigenvalue weighted by molar-refractivity contribution is 5.88. The smallest absolute Gasteiger partial charge is 0.333 e. The quantitative estimate of drug-likeness (QED) is 0.570. The number of esters is 1. The molecule has 4 saturated carbocycles. The van der Waals surface area contributed by atoms with Crippen LogP contribution in [0.5, 0.6) is 0 Å². The summed E-state index contributed by atoms with van der Waals surface area (Å²) in [6.07, 6.45) is 10.6. The van der Waals surface area contributed by atoms with Crippen LogP contribution in [-0.4, -0.2) is 25.3 Å². The Morgan fingerprint density at radius 2 is 1.70 bits per heavy atom. The summed E-state index contributed by atoms with van der Waals surface area (Å²) in [6, 6.07) is 0. The normalized spacial score (nSPS) is 39.1. The average molecular weight is 278 g/mol. The summed E-state index contributed by atoms with van der Waals surface area (Å²) in [4.78, 5) is 11.6. The van der Waals surface area contributed by atoms with E-state index >= 15 is 0 Å². The van der Waals surface area contributed by atoms with Gasteiger partial charge in [0, 0.05) is 5.57 Å². The van der Waals surface area contributed by atoms with Gasteiger partial charge in [-0.15, -0.1) is 0 Å². The Kier molecular flexibility index (Phi) is 3.89. The van der Waals surface area contributed by atoms with Crippen LogP contribution in [-0.2, 0) is 14.3 Å². The number of rotatable bonds is 5. The van der Waals surface area contributed by atoms with Crippen LogP contribution in [0.15, 0.2) is 11.6 Å². The molecule has 0 aromatic rings. The molecule has 0 aliphatic heterocycles. The summed E-state index contributed by atoms with van der Waals surface area (Å²) >= 11 is 0. The van der Waals surface area contributed by atoms with Gasteiger partial charge in [-0.3, -0.25) is 0 Å². The summed E-state index contributed by atoms with van der Waals surface area (Å²) in [7, 11) is 1.44. The SMILES string of the molecule is CCC(=CCOC12CC3CC(CC(C3)C1)C2)C(=O)OC. The van der Waals surface area contributed by atoms with Gasteiger partial charge >= 0.3 is 5.97 Å². The topological polar surface area (TPSA) is 35.5 Å². The Morgan fingerprint density at radius 3 is 2.15 bits per heavy atom. The zero-order valence-corrected chi connectivity index (χ0v) is 12.7. The summed E-state index contributed by atoms with van der Waals surface area (Å²) in [5.74, 6) is 2.48. The van der Waals surface area contributed by atoms with Crippen LogP contribution in [0.4, 0.5) is 0 Å². The summed E-state index contributed by atoms with van der Waals surface area (Å²) in [5.41, 5.74) is 0.859. The van der Waals surface area contributed by atoms with Crippen molar-refractivity contribution < 1.29 is 14.3 Å². The largest absolute Gasteiger partial charge is 0.466 e. The maximum Gasteiger partial charge on any atom is 0.333 e. The highest BCUT2D eigenvalue weighted by Crippen LogP contribution is 2.57. The second-order valence-corrected chi connectivity index (χ2v) is 6.99. The molecule has 4 bridgehead atoms. The maximum absolute atomic E-state index is 11.6. The van der Waals surface area contributed by atoms with Crippen molar-refractivity contribution in [1.82, 2.24) is 0 Å². The van der Waals surface area contributed by atoms with Crippen LogP contribution in [0.2, 0.25) is 0 Å². The van der Waals surface area contributed by atoms with E-state index in [2.05, 4.69) is 0 Å². The van der Waals surface area contributed by atoms with Crippen molar-refractivity contribution in [3.05, 3.63) is 11.6 Å². The van der Waals surface area contributed by atoms with Crippen LogP contribution >= 0.6 is 0 Å². The van der Waals surface area contributed by atoms with E-state index in [1.54, 1.807) is 0 Å². The second-order valence-electron chi connectivity index (χ2n) is 6.99. The van der Waals surface area contributed by atoms with Crippen molar-refractivity contribution in [3.63, 3.8) is 0 Å². The molecule has 0 aromatic heterocycles. The van der Waals surface area contributed by atoms with E-state index in [1.165, 1.54) is 45.6 Å². The molecule has 3 heteroatoms. The monoisotopic (exact) mass is 278 g/mol. The van der Waals surface area contributed by atoms with Gasteiger partial charge in [-0.05, 0) is 68.8 Å². The minimum Gasteiger partial charge on any atom is -0.466 e. The van der Waals surface area contributed by atoms with E-state index in [0.29, 0.717) is 13.0 Å². The first-order chi connectivity index (χ1) is 9.64. The third kappa shape index (κ3) is 2.65. The highest BCUT2D eigenvalue weighted by atomic mass is 16.5. The van der Waals surface area contributed by atoms with Crippen molar-refractivity contribution >= 4 is 5.97 Å². The predicted octanol–water partition coefficient (Wildman–Crippen LogP) is 3.48. The third-order valence-corrected chi connectivity index (χ3v) is 5.53. The molecule has 3 nitrogen and oxygen atoms in total. The Balaban J connectivity index is 1.61. The molecule has 4 aliphatic rings. The van der Waals surface area contributed by atoms with E-state index < -0.39 is 0 Å². The van der Waals surface area contributed by atoms with Crippen LogP contribution in [0, 0.1) is 17.8 Å². The van der Waals surface area contributed by atoms with Gasteiger partial charge < -0.3 is 9.47 Å². The van der Waals surface area contributed by atoms with E-state index in [4.69, 9.17) is 9.47 Å². The summed E-state index contributed by atoms with van der Waals surface area (Å²) in [6.45, 7) is 2.54. The molecular formula is C17H26O3. The fraction of sp³-hybridized carbons (Fsp3) is 0.824. The Morgan fingerprint density at radius 1 is 1.15 bits per heavy atom. The molecule has 0 N–H and O–H groups in total. The molecule has 0 aromatic carbocycles. The molecule has 0 spiro atoms. The second kappa shape index (κ2) is 5.51. The number of hydrogen-bond donors (Lipinski definition) is 0. The number of hydrogen-bond acceptors (Lipinski definition) is 3. The first-order valence-electron chi connectivity index (χ1n) is 8.05. The Bertz CT molecular complexity index is 375. The molecule has 4 fully saturated rings. The standard InChI is InChI=1S/C17H26O3/c1-3-15(16(18)19-2)4-5-20-17-9-12-6-13(10-17)8-14(7-12)11-17/h4,12-14H,3,5-11H2,1-2H3. The third-order valence-electron chi connectivity index (χ3n) is 5.53. The van der Waals surface area contributed by atoms with Crippen LogP contribution < -0.4 is 0 Å². The number of methoxy groups -OCH3 is 1. The van der Waals surface area contributed by atoms with E-state index in [1.807, 2.05) is 13.0 Å². The van der Waals surface area contributed by atoms with Gasteiger partial charge in [0.1, 0.15) is 0 Å². The molecule has 0 amide bonds. The van der Waals surface area contributed by atoms with Crippen LogP contribution in [0.1, 0.15) is 51.9 Å². The molecule has 4 aliphatic carbocycles.